The van der Waals surface area contributed by atoms with Gasteiger partial charge in [0.05, 0.1) is 5.02 Å². The minimum absolute atomic E-state index is 0.0218. The van der Waals surface area contributed by atoms with Crippen LogP contribution in [0, 0.1) is 5.82 Å². The molecule has 1 aromatic carbocycles. The Morgan fingerprint density at radius 1 is 1.52 bits per heavy atom. The molecule has 1 aliphatic rings. The standard InChI is InChI=1S/C15H20ClFN2O4/c16-13-4-3-11(6-14(13)17)22-8-10(20)7-19-9-1-2-12(5-9)23-15(18)21/h3-4,6,9-10,12,19-20H,1-2,5,7-8H2,(H2,18,21)/t9-,10?,12+/m1/s1. The van der Waals surface area contributed by atoms with E-state index in [9.17, 15) is 14.3 Å². The van der Waals surface area contributed by atoms with Crippen LogP contribution in [-0.2, 0) is 4.74 Å². The van der Waals surface area contributed by atoms with Gasteiger partial charge in [0.2, 0.25) is 0 Å². The number of halogens is 2. The molecule has 0 saturated heterocycles. The molecule has 6 nitrogen and oxygen atoms in total. The SMILES string of the molecule is NC(=O)O[C@H]1CC[C@@H](NCC(O)COc2ccc(Cl)c(F)c2)C1. The normalized spacial score (nSPS) is 21.9. The second-order valence-electron chi connectivity index (χ2n) is 5.52. The lowest BCUT2D eigenvalue weighted by Crippen LogP contribution is -2.37. The maximum absolute atomic E-state index is 13.3. The number of ether oxygens (including phenoxy) is 2. The minimum Gasteiger partial charge on any atom is -0.491 e. The van der Waals surface area contributed by atoms with Crippen LogP contribution in [-0.4, -0.2) is 42.6 Å². The Balaban J connectivity index is 1.66. The first-order valence-corrected chi connectivity index (χ1v) is 7.77. The van der Waals surface area contributed by atoms with Crippen molar-refractivity contribution in [1.29, 1.82) is 0 Å². The average molecular weight is 347 g/mol. The lowest BCUT2D eigenvalue weighted by Gasteiger charge is -2.17. The number of primary amides is 1. The van der Waals surface area contributed by atoms with E-state index in [2.05, 4.69) is 5.32 Å². The van der Waals surface area contributed by atoms with Crippen molar-refractivity contribution in [3.8, 4) is 5.75 Å². The van der Waals surface area contributed by atoms with Gasteiger partial charge in [0, 0.05) is 18.7 Å². The molecule has 0 aliphatic heterocycles. The Bertz CT molecular complexity index is 546. The summed E-state index contributed by atoms with van der Waals surface area (Å²) in [5.74, 6) is -0.259. The monoisotopic (exact) mass is 346 g/mol. The molecule has 0 aromatic heterocycles. The third kappa shape index (κ3) is 5.85. The van der Waals surface area contributed by atoms with Crippen molar-refractivity contribution in [1.82, 2.24) is 5.32 Å². The fourth-order valence-corrected chi connectivity index (χ4v) is 2.64. The number of benzene rings is 1. The zero-order chi connectivity index (χ0) is 16.8. The van der Waals surface area contributed by atoms with Gasteiger partial charge >= 0.3 is 6.09 Å². The highest BCUT2D eigenvalue weighted by Gasteiger charge is 2.27. The summed E-state index contributed by atoms with van der Waals surface area (Å²) >= 11 is 5.58. The molecule has 1 aliphatic carbocycles. The minimum atomic E-state index is -0.765. The number of aliphatic hydroxyl groups is 1. The quantitative estimate of drug-likeness (QED) is 0.700. The highest BCUT2D eigenvalue weighted by molar-refractivity contribution is 6.30. The van der Waals surface area contributed by atoms with Gasteiger partial charge in [-0.2, -0.15) is 0 Å². The molecular weight excluding hydrogens is 327 g/mol. The third-order valence-corrected chi connectivity index (χ3v) is 3.95. The summed E-state index contributed by atoms with van der Waals surface area (Å²) in [6.07, 6.45) is 0.573. The molecule has 8 heteroatoms. The Kier molecular flexibility index (Phi) is 6.44. The van der Waals surface area contributed by atoms with Gasteiger partial charge < -0.3 is 25.6 Å². The lowest BCUT2D eigenvalue weighted by atomic mass is 10.2. The summed E-state index contributed by atoms with van der Waals surface area (Å²) in [5.41, 5.74) is 4.98. The summed E-state index contributed by atoms with van der Waals surface area (Å²) in [5, 5.41) is 13.1. The number of nitrogens with one attached hydrogen (secondary N) is 1. The van der Waals surface area contributed by atoms with Crippen molar-refractivity contribution >= 4 is 17.7 Å². The molecule has 128 valence electrons. The third-order valence-electron chi connectivity index (χ3n) is 3.64. The van der Waals surface area contributed by atoms with E-state index in [1.165, 1.54) is 18.2 Å². The average Bonchev–Trinajstić information content (AvgIpc) is 2.93. The van der Waals surface area contributed by atoms with E-state index in [1.807, 2.05) is 0 Å². The van der Waals surface area contributed by atoms with E-state index in [0.29, 0.717) is 18.7 Å². The van der Waals surface area contributed by atoms with Gasteiger partial charge in [-0.3, -0.25) is 0 Å². The highest BCUT2D eigenvalue weighted by atomic mass is 35.5. The first-order valence-electron chi connectivity index (χ1n) is 7.39. The van der Waals surface area contributed by atoms with Crippen molar-refractivity contribution in [2.75, 3.05) is 13.2 Å². The van der Waals surface area contributed by atoms with Gasteiger partial charge in [-0.25, -0.2) is 9.18 Å². The Labute approximate surface area is 138 Å². The van der Waals surface area contributed by atoms with Crippen LogP contribution >= 0.6 is 11.6 Å². The molecule has 1 amide bonds. The number of hydrogen-bond donors (Lipinski definition) is 3. The molecule has 1 saturated carbocycles. The molecule has 1 fully saturated rings. The second kappa shape index (κ2) is 8.33. The molecule has 0 radical (unpaired) electrons. The molecule has 0 spiro atoms. The smallest absolute Gasteiger partial charge is 0.404 e. The van der Waals surface area contributed by atoms with Crippen molar-refractivity contribution in [2.45, 2.75) is 37.5 Å². The van der Waals surface area contributed by atoms with Crippen molar-refractivity contribution in [2.24, 2.45) is 5.73 Å². The Hall–Kier alpha value is -1.57. The van der Waals surface area contributed by atoms with E-state index >= 15 is 0 Å². The van der Waals surface area contributed by atoms with Gasteiger partial charge in [-0.1, -0.05) is 11.6 Å². The summed E-state index contributed by atoms with van der Waals surface area (Å²) in [7, 11) is 0. The maximum atomic E-state index is 13.3. The summed E-state index contributed by atoms with van der Waals surface area (Å²) in [6, 6.07) is 4.26. The number of hydrogen-bond acceptors (Lipinski definition) is 5. The number of amides is 1. The number of carbonyl (C=O) groups is 1. The summed E-state index contributed by atoms with van der Waals surface area (Å²) in [4.78, 5) is 10.7. The summed E-state index contributed by atoms with van der Waals surface area (Å²) in [6.45, 7) is 0.353. The lowest BCUT2D eigenvalue weighted by molar-refractivity contribution is 0.0985. The second-order valence-corrected chi connectivity index (χ2v) is 5.93. The van der Waals surface area contributed by atoms with E-state index in [0.717, 1.165) is 12.8 Å². The van der Waals surface area contributed by atoms with E-state index in [-0.39, 0.29) is 23.8 Å². The van der Waals surface area contributed by atoms with Crippen molar-refractivity contribution in [3.05, 3.63) is 29.0 Å². The summed E-state index contributed by atoms with van der Waals surface area (Å²) < 4.78 is 23.5. The van der Waals surface area contributed by atoms with Crippen LogP contribution in [0.3, 0.4) is 0 Å². The Morgan fingerprint density at radius 3 is 3.00 bits per heavy atom. The number of rotatable bonds is 7. The van der Waals surface area contributed by atoms with Crippen LogP contribution in [0.4, 0.5) is 9.18 Å². The number of nitrogens with two attached hydrogens (primary N) is 1. The zero-order valence-electron chi connectivity index (χ0n) is 12.5. The Morgan fingerprint density at radius 2 is 2.30 bits per heavy atom. The van der Waals surface area contributed by atoms with E-state index in [1.54, 1.807) is 0 Å². The first kappa shape index (κ1) is 17.8. The van der Waals surface area contributed by atoms with Gasteiger partial charge in [-0.05, 0) is 31.4 Å². The van der Waals surface area contributed by atoms with Gasteiger partial charge in [0.25, 0.3) is 0 Å². The predicted molar refractivity (Wildman–Crippen MR) is 83.0 cm³/mol. The first-order chi connectivity index (χ1) is 10.9. The van der Waals surface area contributed by atoms with Gasteiger partial charge in [0.15, 0.2) is 0 Å². The molecule has 3 atom stereocenters. The fraction of sp³-hybridized carbons (Fsp3) is 0.533. The van der Waals surface area contributed by atoms with Crippen molar-refractivity contribution < 1.29 is 23.8 Å². The van der Waals surface area contributed by atoms with Crippen molar-refractivity contribution in [3.63, 3.8) is 0 Å². The molecule has 2 rings (SSSR count). The topological polar surface area (TPSA) is 93.8 Å². The largest absolute Gasteiger partial charge is 0.491 e. The molecule has 1 aromatic rings. The predicted octanol–water partition coefficient (Wildman–Crippen LogP) is 1.82. The van der Waals surface area contributed by atoms with Crippen LogP contribution in [0.1, 0.15) is 19.3 Å². The molecule has 0 heterocycles. The highest BCUT2D eigenvalue weighted by Crippen LogP contribution is 2.22. The fourth-order valence-electron chi connectivity index (χ4n) is 2.52. The van der Waals surface area contributed by atoms with E-state index < -0.39 is 18.0 Å². The van der Waals surface area contributed by atoms with Crippen LogP contribution in [0.2, 0.25) is 5.02 Å². The maximum Gasteiger partial charge on any atom is 0.404 e. The molecule has 0 bridgehead atoms. The zero-order valence-corrected chi connectivity index (χ0v) is 13.3. The molecule has 23 heavy (non-hydrogen) atoms. The molecule has 1 unspecified atom stereocenters. The van der Waals surface area contributed by atoms with E-state index in [4.69, 9.17) is 26.8 Å². The van der Waals surface area contributed by atoms with Crippen LogP contribution < -0.4 is 15.8 Å². The number of aliphatic hydroxyl groups excluding tert-OH is 1. The molecule has 4 N–H and O–H groups in total. The van der Waals surface area contributed by atoms with Gasteiger partial charge in [-0.15, -0.1) is 0 Å². The van der Waals surface area contributed by atoms with Crippen LogP contribution in [0.15, 0.2) is 18.2 Å². The number of carbonyl (C=O) groups excluding carboxylic acids is 1. The molecular formula is C15H20ClFN2O4. The van der Waals surface area contributed by atoms with Crippen LogP contribution in [0.5, 0.6) is 5.75 Å². The van der Waals surface area contributed by atoms with Crippen LogP contribution in [0.25, 0.3) is 0 Å². The van der Waals surface area contributed by atoms with Gasteiger partial charge in [0.1, 0.15) is 30.4 Å².